The summed E-state index contributed by atoms with van der Waals surface area (Å²) in [5.41, 5.74) is 6.64. The Morgan fingerprint density at radius 2 is 2.30 bits per heavy atom. The summed E-state index contributed by atoms with van der Waals surface area (Å²) in [6.07, 6.45) is 3.65. The van der Waals surface area contributed by atoms with Gasteiger partial charge in [0, 0.05) is 21.2 Å². The normalized spacial score (nSPS) is 16.3. The van der Waals surface area contributed by atoms with Gasteiger partial charge in [-0.25, -0.2) is 0 Å². The molecule has 20 heavy (non-hydrogen) atoms. The van der Waals surface area contributed by atoms with Crippen LogP contribution in [0.4, 0.5) is 5.69 Å². The lowest BCUT2D eigenvalue weighted by Gasteiger charge is -2.12. The van der Waals surface area contributed by atoms with E-state index in [1.807, 2.05) is 12.1 Å². The third kappa shape index (κ3) is 2.76. The van der Waals surface area contributed by atoms with Crippen molar-refractivity contribution in [3.8, 4) is 0 Å². The number of nitrogens with one attached hydrogen (secondary N) is 1. The van der Waals surface area contributed by atoms with Gasteiger partial charge in [-0.2, -0.15) is 0 Å². The van der Waals surface area contributed by atoms with Crippen molar-refractivity contribution in [3.63, 3.8) is 0 Å². The Morgan fingerprint density at radius 1 is 1.55 bits per heavy atom. The second-order valence-corrected chi connectivity index (χ2v) is 7.03. The second kappa shape index (κ2) is 5.26. The first kappa shape index (κ1) is 13.7. The molecule has 1 aliphatic carbocycles. The molecule has 0 spiro atoms. The average Bonchev–Trinajstić information content (AvgIpc) is 3.12. The van der Waals surface area contributed by atoms with Gasteiger partial charge in [-0.15, -0.1) is 11.3 Å². The lowest BCUT2D eigenvalue weighted by Crippen LogP contribution is -2.32. The summed E-state index contributed by atoms with van der Waals surface area (Å²) in [5, 5.41) is 4.60. The van der Waals surface area contributed by atoms with Crippen molar-refractivity contribution in [3.05, 3.63) is 28.1 Å². The van der Waals surface area contributed by atoms with Gasteiger partial charge in [0.1, 0.15) is 4.88 Å². The van der Waals surface area contributed by atoms with Crippen LogP contribution in [0.3, 0.4) is 0 Å². The van der Waals surface area contributed by atoms with Crippen LogP contribution in [0.15, 0.2) is 18.2 Å². The first-order valence-corrected chi connectivity index (χ1v) is 8.02. The maximum Gasteiger partial charge on any atom is 0.263 e. The zero-order chi connectivity index (χ0) is 14.3. The molecule has 1 saturated carbocycles. The molecule has 2 aromatic rings. The van der Waals surface area contributed by atoms with Crippen molar-refractivity contribution in [1.82, 2.24) is 5.32 Å². The number of thiophene rings is 1. The number of hydrogen-bond donors (Lipinski definition) is 2. The minimum atomic E-state index is -0.0760. The van der Waals surface area contributed by atoms with Crippen molar-refractivity contribution >= 4 is 44.6 Å². The third-order valence-corrected chi connectivity index (χ3v) is 5.06. The number of carbonyl (C=O) groups excluding carboxylic acids is 1. The second-order valence-electron chi connectivity index (χ2n) is 5.54. The van der Waals surface area contributed by atoms with Crippen LogP contribution in [0.1, 0.15) is 35.9 Å². The Hall–Kier alpha value is -1.26. The maximum absolute atomic E-state index is 12.3. The van der Waals surface area contributed by atoms with Gasteiger partial charge >= 0.3 is 0 Å². The molecule has 1 heterocycles. The Kier molecular flexibility index (Phi) is 3.61. The molecule has 5 heteroatoms. The minimum Gasteiger partial charge on any atom is -0.397 e. The molecule has 3 N–H and O–H groups in total. The van der Waals surface area contributed by atoms with E-state index in [1.165, 1.54) is 24.2 Å². The van der Waals surface area contributed by atoms with E-state index in [2.05, 4.69) is 12.2 Å². The molecule has 3 rings (SSSR count). The van der Waals surface area contributed by atoms with Crippen LogP contribution in [-0.4, -0.2) is 11.9 Å². The molecule has 1 aliphatic rings. The zero-order valence-corrected chi connectivity index (χ0v) is 12.9. The monoisotopic (exact) mass is 308 g/mol. The van der Waals surface area contributed by atoms with Crippen LogP contribution in [0.5, 0.6) is 0 Å². The zero-order valence-electron chi connectivity index (χ0n) is 11.3. The van der Waals surface area contributed by atoms with Gasteiger partial charge in [0.25, 0.3) is 5.91 Å². The molecular formula is C15H17ClN2OS. The average molecular weight is 309 g/mol. The standard InChI is InChI=1S/C15H17ClN2OS/c1-8(6-9-2-3-9)18-15(19)14-13(17)11-5-4-10(16)7-12(11)20-14/h4-5,7-9H,2-3,6,17H2,1H3,(H,18,19). The van der Waals surface area contributed by atoms with Gasteiger partial charge in [-0.3, -0.25) is 4.79 Å². The molecule has 0 radical (unpaired) electrons. The van der Waals surface area contributed by atoms with Gasteiger partial charge in [-0.05, 0) is 37.5 Å². The third-order valence-electron chi connectivity index (χ3n) is 3.66. The number of nitrogens with two attached hydrogens (primary N) is 1. The molecule has 0 bridgehead atoms. The van der Waals surface area contributed by atoms with Gasteiger partial charge in [-0.1, -0.05) is 24.4 Å². The van der Waals surface area contributed by atoms with Crippen LogP contribution in [-0.2, 0) is 0 Å². The van der Waals surface area contributed by atoms with Gasteiger partial charge < -0.3 is 11.1 Å². The molecule has 0 aliphatic heterocycles. The van der Waals surface area contributed by atoms with Crippen molar-refractivity contribution in [2.45, 2.75) is 32.2 Å². The first-order chi connectivity index (χ1) is 9.54. The lowest BCUT2D eigenvalue weighted by atomic mass is 10.1. The van der Waals surface area contributed by atoms with Crippen LogP contribution in [0.25, 0.3) is 10.1 Å². The number of hydrogen-bond acceptors (Lipinski definition) is 3. The SMILES string of the molecule is CC(CC1CC1)NC(=O)c1sc2cc(Cl)ccc2c1N. The maximum atomic E-state index is 12.3. The number of nitrogen functional groups attached to an aromatic ring is 1. The smallest absolute Gasteiger partial charge is 0.263 e. The van der Waals surface area contributed by atoms with E-state index >= 15 is 0 Å². The fourth-order valence-electron chi connectivity index (χ4n) is 2.46. The largest absolute Gasteiger partial charge is 0.397 e. The Balaban J connectivity index is 1.81. The summed E-state index contributed by atoms with van der Waals surface area (Å²) in [6, 6.07) is 5.71. The van der Waals surface area contributed by atoms with Crippen molar-refractivity contribution in [1.29, 1.82) is 0 Å². The number of benzene rings is 1. The van der Waals surface area contributed by atoms with Gasteiger partial charge in [0.15, 0.2) is 0 Å². The molecule has 0 saturated heterocycles. The van der Waals surface area contributed by atoms with Crippen LogP contribution in [0, 0.1) is 5.92 Å². The molecular weight excluding hydrogens is 292 g/mol. The molecule has 3 nitrogen and oxygen atoms in total. The number of amides is 1. The highest BCUT2D eigenvalue weighted by Gasteiger charge is 2.25. The fourth-order valence-corrected chi connectivity index (χ4v) is 3.76. The Morgan fingerprint density at radius 3 is 3.00 bits per heavy atom. The fraction of sp³-hybridized carbons (Fsp3) is 0.400. The minimum absolute atomic E-state index is 0.0760. The summed E-state index contributed by atoms with van der Waals surface area (Å²) in [7, 11) is 0. The molecule has 1 amide bonds. The topological polar surface area (TPSA) is 55.1 Å². The van der Waals surface area contributed by atoms with Crippen molar-refractivity contribution in [2.24, 2.45) is 5.92 Å². The first-order valence-electron chi connectivity index (χ1n) is 6.83. The molecule has 1 aromatic carbocycles. The van der Waals surface area contributed by atoms with E-state index in [0.29, 0.717) is 15.6 Å². The molecule has 1 atom stereocenters. The number of halogens is 1. The highest BCUT2D eigenvalue weighted by Crippen LogP contribution is 2.36. The summed E-state index contributed by atoms with van der Waals surface area (Å²) in [5.74, 6) is 0.719. The van der Waals surface area contributed by atoms with Gasteiger partial charge in [0.2, 0.25) is 0 Å². The van der Waals surface area contributed by atoms with E-state index in [1.54, 1.807) is 6.07 Å². The summed E-state index contributed by atoms with van der Waals surface area (Å²) in [4.78, 5) is 12.9. The highest BCUT2D eigenvalue weighted by molar-refractivity contribution is 7.21. The van der Waals surface area contributed by atoms with Crippen LogP contribution in [0.2, 0.25) is 5.02 Å². The number of fused-ring (bicyclic) bond motifs is 1. The predicted molar refractivity (Wildman–Crippen MR) is 85.5 cm³/mol. The summed E-state index contributed by atoms with van der Waals surface area (Å²) in [6.45, 7) is 2.05. The van der Waals surface area contributed by atoms with E-state index in [9.17, 15) is 4.79 Å². The van der Waals surface area contributed by atoms with Crippen molar-refractivity contribution < 1.29 is 4.79 Å². The van der Waals surface area contributed by atoms with Gasteiger partial charge in [0.05, 0.1) is 5.69 Å². The van der Waals surface area contributed by atoms with E-state index in [0.717, 1.165) is 22.4 Å². The van der Waals surface area contributed by atoms with Crippen molar-refractivity contribution in [2.75, 3.05) is 5.73 Å². The number of anilines is 1. The van der Waals surface area contributed by atoms with E-state index in [-0.39, 0.29) is 11.9 Å². The lowest BCUT2D eigenvalue weighted by molar-refractivity contribution is 0.0942. The Bertz CT molecular complexity index is 663. The number of rotatable bonds is 4. The molecule has 1 aromatic heterocycles. The highest BCUT2D eigenvalue weighted by atomic mass is 35.5. The number of carbonyl (C=O) groups is 1. The van der Waals surface area contributed by atoms with Crippen LogP contribution >= 0.6 is 22.9 Å². The summed E-state index contributed by atoms with van der Waals surface area (Å²) >= 11 is 7.37. The van der Waals surface area contributed by atoms with E-state index < -0.39 is 0 Å². The molecule has 1 unspecified atom stereocenters. The molecule has 1 fully saturated rings. The summed E-state index contributed by atoms with van der Waals surface area (Å²) < 4.78 is 0.954. The predicted octanol–water partition coefficient (Wildman–Crippen LogP) is 4.06. The quantitative estimate of drug-likeness (QED) is 0.895. The Labute approximate surface area is 127 Å². The van der Waals surface area contributed by atoms with Crippen LogP contribution < -0.4 is 11.1 Å². The molecule has 106 valence electrons. The van der Waals surface area contributed by atoms with E-state index in [4.69, 9.17) is 17.3 Å².